The van der Waals surface area contributed by atoms with Gasteiger partial charge in [0, 0.05) is 30.2 Å². The van der Waals surface area contributed by atoms with Crippen molar-refractivity contribution in [3.8, 4) is 0 Å². The van der Waals surface area contributed by atoms with E-state index in [9.17, 15) is 0 Å². The largest absolute Gasteiger partial charge is 0.326 e. The van der Waals surface area contributed by atoms with Gasteiger partial charge in [0.05, 0.1) is 0 Å². The molecule has 2 atom stereocenters. The van der Waals surface area contributed by atoms with Gasteiger partial charge in [0.1, 0.15) is 0 Å². The summed E-state index contributed by atoms with van der Waals surface area (Å²) in [4.78, 5) is 2.41. The van der Waals surface area contributed by atoms with E-state index in [0.717, 1.165) is 24.5 Å². The number of hydrogen-bond acceptors (Lipinski definition) is 2. The molecule has 2 nitrogen and oxygen atoms in total. The van der Waals surface area contributed by atoms with Gasteiger partial charge in [0.15, 0.2) is 0 Å². The first-order valence-electron chi connectivity index (χ1n) is 5.42. The molecule has 16 heavy (non-hydrogen) atoms. The van der Waals surface area contributed by atoms with E-state index in [-0.39, 0.29) is 12.4 Å². The summed E-state index contributed by atoms with van der Waals surface area (Å²) < 4.78 is 0. The predicted octanol–water partition coefficient (Wildman–Crippen LogP) is 2.86. The third-order valence-electron chi connectivity index (χ3n) is 3.13. The Labute approximate surface area is 108 Å². The first kappa shape index (κ1) is 13.8. The van der Waals surface area contributed by atoms with Crippen molar-refractivity contribution in [1.82, 2.24) is 4.90 Å². The fourth-order valence-electron chi connectivity index (χ4n) is 2.14. The number of likely N-dealkylation sites (tertiary alicyclic amines) is 1. The first-order chi connectivity index (χ1) is 7.16. The van der Waals surface area contributed by atoms with Gasteiger partial charge in [-0.15, -0.1) is 12.4 Å². The minimum absolute atomic E-state index is 0. The van der Waals surface area contributed by atoms with Crippen LogP contribution in [0.2, 0.25) is 5.02 Å². The SMILES string of the molecule is CC(c1cccc(Cl)c1)N1CCC(N)C1.Cl. The zero-order valence-corrected chi connectivity index (χ0v) is 11.0. The van der Waals surface area contributed by atoms with E-state index in [1.807, 2.05) is 18.2 Å². The Balaban J connectivity index is 0.00000128. The van der Waals surface area contributed by atoms with Gasteiger partial charge in [-0.1, -0.05) is 23.7 Å². The zero-order chi connectivity index (χ0) is 10.8. The minimum Gasteiger partial charge on any atom is -0.326 e. The number of rotatable bonds is 2. The van der Waals surface area contributed by atoms with Crippen LogP contribution >= 0.6 is 24.0 Å². The highest BCUT2D eigenvalue weighted by atomic mass is 35.5. The maximum atomic E-state index is 5.98. The standard InChI is InChI=1S/C12H17ClN2.ClH/c1-9(15-6-5-12(14)8-15)10-3-2-4-11(13)7-10;/h2-4,7,9,12H,5-6,8,14H2,1H3;1H. The van der Waals surface area contributed by atoms with Crippen LogP contribution in [0.3, 0.4) is 0 Å². The maximum Gasteiger partial charge on any atom is 0.0409 e. The Bertz CT molecular complexity index is 344. The average molecular weight is 261 g/mol. The number of halogens is 2. The van der Waals surface area contributed by atoms with Crippen LogP contribution in [0.4, 0.5) is 0 Å². The predicted molar refractivity (Wildman–Crippen MR) is 71.3 cm³/mol. The van der Waals surface area contributed by atoms with Gasteiger partial charge in [0.2, 0.25) is 0 Å². The number of benzene rings is 1. The minimum atomic E-state index is 0. The lowest BCUT2D eigenvalue weighted by molar-refractivity contribution is 0.260. The van der Waals surface area contributed by atoms with E-state index in [1.54, 1.807) is 0 Å². The fraction of sp³-hybridized carbons (Fsp3) is 0.500. The molecule has 2 rings (SSSR count). The Kier molecular flexibility index (Phi) is 5.06. The lowest BCUT2D eigenvalue weighted by atomic mass is 10.1. The third kappa shape index (κ3) is 3.11. The van der Waals surface area contributed by atoms with Crippen molar-refractivity contribution in [2.45, 2.75) is 25.4 Å². The molecule has 4 heteroatoms. The quantitative estimate of drug-likeness (QED) is 0.887. The summed E-state index contributed by atoms with van der Waals surface area (Å²) >= 11 is 5.98. The number of nitrogens with zero attached hydrogens (tertiary/aromatic N) is 1. The lowest BCUT2D eigenvalue weighted by Gasteiger charge is -2.24. The molecule has 0 spiro atoms. The molecule has 0 amide bonds. The highest BCUT2D eigenvalue weighted by molar-refractivity contribution is 6.30. The number of nitrogens with two attached hydrogens (primary N) is 1. The fourth-order valence-corrected chi connectivity index (χ4v) is 2.34. The first-order valence-corrected chi connectivity index (χ1v) is 5.79. The molecule has 90 valence electrons. The zero-order valence-electron chi connectivity index (χ0n) is 9.40. The Morgan fingerprint density at radius 3 is 2.81 bits per heavy atom. The van der Waals surface area contributed by atoms with E-state index < -0.39 is 0 Å². The summed E-state index contributed by atoms with van der Waals surface area (Å²) in [6.07, 6.45) is 1.10. The maximum absolute atomic E-state index is 5.98. The van der Waals surface area contributed by atoms with Crippen molar-refractivity contribution in [2.75, 3.05) is 13.1 Å². The van der Waals surface area contributed by atoms with Gasteiger partial charge >= 0.3 is 0 Å². The molecule has 1 heterocycles. The molecule has 0 saturated carbocycles. The van der Waals surface area contributed by atoms with Crippen molar-refractivity contribution in [2.24, 2.45) is 5.73 Å². The second kappa shape index (κ2) is 5.87. The Morgan fingerprint density at radius 2 is 2.25 bits per heavy atom. The van der Waals surface area contributed by atoms with Gasteiger partial charge in [-0.05, 0) is 31.0 Å². The van der Waals surface area contributed by atoms with Crippen LogP contribution in [-0.4, -0.2) is 24.0 Å². The summed E-state index contributed by atoms with van der Waals surface area (Å²) in [7, 11) is 0. The highest BCUT2D eigenvalue weighted by Crippen LogP contribution is 2.25. The van der Waals surface area contributed by atoms with Crippen LogP contribution in [0, 0.1) is 0 Å². The summed E-state index contributed by atoms with van der Waals surface area (Å²) in [6, 6.07) is 8.83. The van der Waals surface area contributed by atoms with Crippen LogP contribution < -0.4 is 5.73 Å². The average Bonchev–Trinajstić information content (AvgIpc) is 2.64. The van der Waals surface area contributed by atoms with Crippen molar-refractivity contribution < 1.29 is 0 Å². The summed E-state index contributed by atoms with van der Waals surface area (Å²) in [6.45, 7) is 4.30. The molecule has 1 aliphatic rings. The van der Waals surface area contributed by atoms with Crippen molar-refractivity contribution in [3.05, 3.63) is 34.9 Å². The molecule has 2 unspecified atom stereocenters. The molecule has 1 aromatic carbocycles. The molecule has 1 aromatic rings. The molecule has 1 saturated heterocycles. The summed E-state index contributed by atoms with van der Waals surface area (Å²) in [5, 5.41) is 0.808. The van der Waals surface area contributed by atoms with Crippen LogP contribution in [0.1, 0.15) is 24.9 Å². The molecule has 2 N–H and O–H groups in total. The second-order valence-electron chi connectivity index (χ2n) is 4.27. The van der Waals surface area contributed by atoms with Gasteiger partial charge in [-0.25, -0.2) is 0 Å². The van der Waals surface area contributed by atoms with Crippen LogP contribution in [0.15, 0.2) is 24.3 Å². The van der Waals surface area contributed by atoms with Gasteiger partial charge in [0.25, 0.3) is 0 Å². The summed E-state index contributed by atoms with van der Waals surface area (Å²) in [5.41, 5.74) is 7.18. The van der Waals surface area contributed by atoms with Gasteiger partial charge < -0.3 is 5.73 Å². The van der Waals surface area contributed by atoms with Crippen LogP contribution in [-0.2, 0) is 0 Å². The highest BCUT2D eigenvalue weighted by Gasteiger charge is 2.24. The van der Waals surface area contributed by atoms with E-state index >= 15 is 0 Å². The van der Waals surface area contributed by atoms with Gasteiger partial charge in [-0.3, -0.25) is 4.90 Å². The number of hydrogen-bond donors (Lipinski definition) is 1. The molecule has 1 aliphatic heterocycles. The molecule has 0 aliphatic carbocycles. The third-order valence-corrected chi connectivity index (χ3v) is 3.37. The molecule has 0 radical (unpaired) electrons. The van der Waals surface area contributed by atoms with Crippen LogP contribution in [0.5, 0.6) is 0 Å². The molecule has 0 aromatic heterocycles. The van der Waals surface area contributed by atoms with Crippen molar-refractivity contribution in [3.63, 3.8) is 0 Å². The normalized spacial score (nSPS) is 22.8. The van der Waals surface area contributed by atoms with E-state index in [1.165, 1.54) is 5.56 Å². The Hall–Kier alpha value is -0.280. The molecule has 1 fully saturated rings. The monoisotopic (exact) mass is 260 g/mol. The smallest absolute Gasteiger partial charge is 0.0409 e. The topological polar surface area (TPSA) is 29.3 Å². The Morgan fingerprint density at radius 1 is 1.50 bits per heavy atom. The second-order valence-corrected chi connectivity index (χ2v) is 4.71. The lowest BCUT2D eigenvalue weighted by Crippen LogP contribution is -2.28. The van der Waals surface area contributed by atoms with Crippen LogP contribution in [0.25, 0.3) is 0 Å². The van der Waals surface area contributed by atoms with Gasteiger partial charge in [-0.2, -0.15) is 0 Å². The van der Waals surface area contributed by atoms with E-state index in [2.05, 4.69) is 17.9 Å². The van der Waals surface area contributed by atoms with Crippen molar-refractivity contribution in [1.29, 1.82) is 0 Å². The molecular weight excluding hydrogens is 243 g/mol. The summed E-state index contributed by atoms with van der Waals surface area (Å²) in [5.74, 6) is 0. The van der Waals surface area contributed by atoms with Crippen molar-refractivity contribution >= 4 is 24.0 Å². The molecule has 0 bridgehead atoms. The molecular formula is C12H18Cl2N2. The van der Waals surface area contributed by atoms with E-state index in [4.69, 9.17) is 17.3 Å². The van der Waals surface area contributed by atoms with E-state index in [0.29, 0.717) is 12.1 Å².